The molecule has 3 aliphatic rings. The molecule has 14 heteroatoms. The van der Waals surface area contributed by atoms with E-state index < -0.39 is 17.6 Å². The van der Waals surface area contributed by atoms with Crippen molar-refractivity contribution in [3.8, 4) is 11.5 Å². The normalized spacial score (nSPS) is 20.0. The molecule has 276 valence electrons. The van der Waals surface area contributed by atoms with E-state index in [4.69, 9.17) is 4.74 Å². The maximum atomic E-state index is 14.4. The van der Waals surface area contributed by atoms with Crippen LogP contribution in [-0.4, -0.2) is 86.5 Å². The molecule has 1 aromatic carbocycles. The molecule has 6 rings (SSSR count). The summed E-state index contributed by atoms with van der Waals surface area (Å²) in [5.41, 5.74) is -0.370. The van der Waals surface area contributed by atoms with E-state index in [1.165, 1.54) is 24.5 Å². The monoisotopic (exact) mass is 712 g/mol. The molecule has 1 amide bonds. The predicted octanol–water partition coefficient (Wildman–Crippen LogP) is 7.44. The lowest BCUT2D eigenvalue weighted by Gasteiger charge is -2.46. The summed E-state index contributed by atoms with van der Waals surface area (Å²) >= 11 is 0. The topological polar surface area (TPSA) is 99.6 Å². The number of benzene rings is 1. The number of hydrogen-bond donors (Lipinski definition) is 1. The van der Waals surface area contributed by atoms with Gasteiger partial charge in [0.05, 0.1) is 17.3 Å². The summed E-state index contributed by atoms with van der Waals surface area (Å²) in [6, 6.07) is 4.02. The molecule has 1 N–H and O–H groups in total. The molecule has 2 saturated heterocycles. The van der Waals surface area contributed by atoms with Crippen molar-refractivity contribution in [3.05, 3.63) is 60.1 Å². The number of hydrogen-bond acceptors (Lipinski definition) is 9. The van der Waals surface area contributed by atoms with Gasteiger partial charge < -0.3 is 24.8 Å². The Morgan fingerprint density at radius 1 is 0.961 bits per heavy atom. The van der Waals surface area contributed by atoms with E-state index in [1.54, 1.807) is 11.1 Å². The number of carbonyl (C=O) groups is 1. The minimum Gasteiger partial charge on any atom is -0.451 e. The van der Waals surface area contributed by atoms with Crippen molar-refractivity contribution >= 4 is 17.7 Å². The van der Waals surface area contributed by atoms with Crippen LogP contribution in [-0.2, 0) is 6.18 Å². The fraction of sp³-hybridized carbons (Fsp3) is 0.595. The number of alkyl halides is 3. The summed E-state index contributed by atoms with van der Waals surface area (Å²) in [6.45, 7) is 12.5. The van der Waals surface area contributed by atoms with Crippen LogP contribution in [0.1, 0.15) is 88.6 Å². The molecule has 0 unspecified atom stereocenters. The number of rotatable bonds is 10. The molecule has 10 nitrogen and oxygen atoms in total. The second kappa shape index (κ2) is 15.3. The van der Waals surface area contributed by atoms with Gasteiger partial charge in [0.2, 0.25) is 5.95 Å². The Morgan fingerprint density at radius 2 is 1.65 bits per heavy atom. The minimum atomic E-state index is -4.44. The highest BCUT2D eigenvalue weighted by atomic mass is 19.4. The van der Waals surface area contributed by atoms with Crippen LogP contribution in [0.4, 0.5) is 29.3 Å². The third kappa shape index (κ3) is 8.70. The number of halogens is 4. The second-order valence-corrected chi connectivity index (χ2v) is 15.0. The molecule has 51 heavy (non-hydrogen) atoms. The Labute approximate surface area is 297 Å². The number of amides is 1. The summed E-state index contributed by atoms with van der Waals surface area (Å²) in [4.78, 5) is 36.6. The largest absolute Gasteiger partial charge is 0.451 e. The van der Waals surface area contributed by atoms with Crippen LogP contribution in [0.15, 0.2) is 43.1 Å². The van der Waals surface area contributed by atoms with Gasteiger partial charge in [0.1, 0.15) is 17.9 Å². The molecule has 3 aromatic rings. The van der Waals surface area contributed by atoms with Gasteiger partial charge in [0, 0.05) is 50.2 Å². The molecule has 1 spiro atoms. The van der Waals surface area contributed by atoms with Crippen LogP contribution in [0.5, 0.6) is 11.5 Å². The van der Waals surface area contributed by atoms with Gasteiger partial charge in [-0.3, -0.25) is 4.79 Å². The molecule has 2 aromatic heterocycles. The van der Waals surface area contributed by atoms with Gasteiger partial charge in [-0.25, -0.2) is 24.3 Å². The Hall–Kier alpha value is -4.07. The molecule has 4 heterocycles. The number of ether oxygens (including phenoxy) is 1. The van der Waals surface area contributed by atoms with Crippen molar-refractivity contribution in [1.82, 2.24) is 29.7 Å². The van der Waals surface area contributed by atoms with Crippen LogP contribution in [0.2, 0.25) is 0 Å². The first-order chi connectivity index (χ1) is 24.3. The molecule has 0 radical (unpaired) electrons. The highest BCUT2D eigenvalue weighted by Gasteiger charge is 2.39. The smallest absolute Gasteiger partial charge is 0.419 e. The number of carbonyl (C=O) groups excluding carboxylic acids is 1. The van der Waals surface area contributed by atoms with E-state index in [0.29, 0.717) is 22.9 Å². The lowest BCUT2D eigenvalue weighted by atomic mass is 9.67. The summed E-state index contributed by atoms with van der Waals surface area (Å²) in [6.07, 6.45) is 7.69. The Bertz CT molecular complexity index is 1630. The van der Waals surface area contributed by atoms with Crippen molar-refractivity contribution in [3.63, 3.8) is 0 Å². The molecular weight excluding hydrogens is 664 g/mol. The van der Waals surface area contributed by atoms with Crippen molar-refractivity contribution in [2.75, 3.05) is 42.9 Å². The highest BCUT2D eigenvalue weighted by molar-refractivity contribution is 5.97. The van der Waals surface area contributed by atoms with E-state index in [9.17, 15) is 22.4 Å². The van der Waals surface area contributed by atoms with Crippen LogP contribution in [0.3, 0.4) is 0 Å². The zero-order valence-corrected chi connectivity index (χ0v) is 29.8. The Balaban J connectivity index is 1.01. The minimum absolute atomic E-state index is 0.0761. The fourth-order valence-electron chi connectivity index (χ4n) is 8.06. The van der Waals surface area contributed by atoms with Gasteiger partial charge in [-0.2, -0.15) is 13.2 Å². The highest BCUT2D eigenvalue weighted by Crippen LogP contribution is 2.45. The molecule has 3 fully saturated rings. The molecular formula is C37H48F4N8O2. The predicted molar refractivity (Wildman–Crippen MR) is 186 cm³/mol. The fourth-order valence-corrected chi connectivity index (χ4v) is 8.06. The Morgan fingerprint density at radius 3 is 2.29 bits per heavy atom. The van der Waals surface area contributed by atoms with Crippen molar-refractivity contribution in [2.24, 2.45) is 11.3 Å². The third-order valence-corrected chi connectivity index (χ3v) is 10.8. The number of nitrogens with zero attached hydrogens (tertiary/aromatic N) is 7. The summed E-state index contributed by atoms with van der Waals surface area (Å²) in [7, 11) is 0. The Kier molecular flexibility index (Phi) is 11.0. The van der Waals surface area contributed by atoms with Crippen LogP contribution >= 0.6 is 0 Å². The van der Waals surface area contributed by atoms with Crippen molar-refractivity contribution in [2.45, 2.75) is 96.9 Å². The maximum Gasteiger partial charge on any atom is 0.419 e. The molecule has 2 aliphatic heterocycles. The zero-order chi connectivity index (χ0) is 36.3. The van der Waals surface area contributed by atoms with E-state index >= 15 is 0 Å². The van der Waals surface area contributed by atoms with Crippen molar-refractivity contribution < 1.29 is 27.1 Å². The third-order valence-electron chi connectivity index (χ3n) is 10.8. The van der Waals surface area contributed by atoms with Crippen LogP contribution in [0.25, 0.3) is 0 Å². The molecule has 0 bridgehead atoms. The first-order valence-electron chi connectivity index (χ1n) is 18.0. The van der Waals surface area contributed by atoms with Gasteiger partial charge in [0.25, 0.3) is 5.91 Å². The number of nitrogens with one attached hydrogen (secondary N) is 1. The SMILES string of the molecule is CC(C)N(C(=O)c1cc(F)ccc1Oc1cncnc1N1CC[C@@H](CN2CCC3(CCC(Nc4ncc(C(F)(F)F)cn4)CC3)CC2)C1)C(C)C. The maximum absolute atomic E-state index is 14.4. The van der Waals surface area contributed by atoms with Gasteiger partial charge in [0.15, 0.2) is 11.6 Å². The number of anilines is 2. The molecule has 1 aliphatic carbocycles. The average molecular weight is 713 g/mol. The van der Waals surface area contributed by atoms with Gasteiger partial charge in [-0.15, -0.1) is 0 Å². The second-order valence-electron chi connectivity index (χ2n) is 15.0. The van der Waals surface area contributed by atoms with Crippen molar-refractivity contribution in [1.29, 1.82) is 0 Å². The van der Waals surface area contributed by atoms with E-state index in [-0.39, 0.29) is 41.3 Å². The molecule has 1 saturated carbocycles. The number of aromatic nitrogens is 4. The first kappa shape index (κ1) is 36.7. The molecule has 1 atom stereocenters. The summed E-state index contributed by atoms with van der Waals surface area (Å²) < 4.78 is 59.3. The van der Waals surface area contributed by atoms with E-state index in [0.717, 1.165) is 90.1 Å². The summed E-state index contributed by atoms with van der Waals surface area (Å²) in [5.74, 6) is 1.25. The lowest BCUT2D eigenvalue weighted by Crippen LogP contribution is -2.45. The lowest BCUT2D eigenvalue weighted by molar-refractivity contribution is -0.138. The van der Waals surface area contributed by atoms with Crippen LogP contribution < -0.4 is 15.0 Å². The summed E-state index contributed by atoms with van der Waals surface area (Å²) in [5, 5.41) is 3.24. The standard InChI is InChI=1S/C37H48F4N8O2/c1-24(2)49(25(3)4)34(50)30-17-28(38)5-6-31(30)51-32-20-42-23-45-33(32)48-14-9-26(22-48)21-47-15-12-36(13-16-47)10-7-29(8-11-36)46-35-43-18-27(19-44-35)37(39,40)41/h5-6,17-20,23-26,29H,7-16,21-22H2,1-4H3,(H,43,44,46)/t26-/m0/s1. The van der Waals surface area contributed by atoms with Gasteiger partial charge >= 0.3 is 6.18 Å². The zero-order valence-electron chi connectivity index (χ0n) is 29.8. The quantitative estimate of drug-likeness (QED) is 0.215. The van der Waals surface area contributed by atoms with E-state index in [2.05, 4.69) is 35.1 Å². The van der Waals surface area contributed by atoms with E-state index in [1.807, 2.05) is 27.7 Å². The van der Waals surface area contributed by atoms with Crippen LogP contribution in [0, 0.1) is 17.2 Å². The first-order valence-corrected chi connectivity index (χ1v) is 18.0. The number of likely N-dealkylation sites (tertiary alicyclic amines) is 1. The van der Waals surface area contributed by atoms with Gasteiger partial charge in [-0.1, -0.05) is 0 Å². The van der Waals surface area contributed by atoms with Gasteiger partial charge in [-0.05, 0) is 115 Å². The number of piperidine rings is 1. The average Bonchev–Trinajstić information content (AvgIpc) is 3.56.